The molecule has 1 aliphatic rings. The van der Waals surface area contributed by atoms with Crippen LogP contribution in [0.3, 0.4) is 0 Å². The van der Waals surface area contributed by atoms with Gasteiger partial charge >= 0.3 is 0 Å². The van der Waals surface area contributed by atoms with Crippen molar-refractivity contribution in [2.75, 3.05) is 0 Å². The summed E-state index contributed by atoms with van der Waals surface area (Å²) >= 11 is 0. The molecule has 1 heterocycles. The van der Waals surface area contributed by atoms with E-state index in [0.717, 1.165) is 17.1 Å². The Kier molecular flexibility index (Phi) is 5.06. The summed E-state index contributed by atoms with van der Waals surface area (Å²) in [5.74, 6) is 1.83. The fourth-order valence-electron chi connectivity index (χ4n) is 7.68. The van der Waals surface area contributed by atoms with Crippen LogP contribution in [0.15, 0.2) is 158 Å². The van der Waals surface area contributed by atoms with E-state index >= 15 is 0 Å². The van der Waals surface area contributed by atoms with E-state index in [1.54, 1.807) is 0 Å². The maximum Gasteiger partial charge on any atom is 0.135 e. The highest BCUT2D eigenvalue weighted by molar-refractivity contribution is 6.23. The first-order valence-electron chi connectivity index (χ1n) is 15.5. The van der Waals surface area contributed by atoms with Gasteiger partial charge in [0.15, 0.2) is 0 Å². The molecule has 0 aromatic heterocycles. The molecule has 0 saturated heterocycles. The Morgan fingerprint density at radius 1 is 0.289 bits per heavy atom. The number of hydrogen-bond acceptors (Lipinski definition) is 1. The van der Waals surface area contributed by atoms with E-state index in [0.29, 0.717) is 0 Å². The molecule has 10 rings (SSSR count). The van der Waals surface area contributed by atoms with Gasteiger partial charge in [-0.05, 0) is 94.5 Å². The van der Waals surface area contributed by atoms with Crippen LogP contribution in [-0.2, 0) is 0 Å². The van der Waals surface area contributed by atoms with Crippen molar-refractivity contribution < 1.29 is 4.74 Å². The molecule has 0 atom stereocenters. The van der Waals surface area contributed by atoms with Crippen LogP contribution in [-0.4, -0.2) is 0 Å². The van der Waals surface area contributed by atoms with Gasteiger partial charge in [0, 0.05) is 10.9 Å². The van der Waals surface area contributed by atoms with Crippen molar-refractivity contribution in [1.29, 1.82) is 0 Å². The molecule has 9 aromatic rings. The molecule has 0 bridgehead atoms. The van der Waals surface area contributed by atoms with Crippen LogP contribution in [0.2, 0.25) is 0 Å². The smallest absolute Gasteiger partial charge is 0.135 e. The van der Waals surface area contributed by atoms with E-state index in [9.17, 15) is 0 Å². The summed E-state index contributed by atoms with van der Waals surface area (Å²) in [4.78, 5) is 0. The highest BCUT2D eigenvalue weighted by Crippen LogP contribution is 2.50. The Labute approximate surface area is 260 Å². The summed E-state index contributed by atoms with van der Waals surface area (Å²) < 4.78 is 6.42. The molecule has 9 aromatic carbocycles. The molecule has 0 saturated carbocycles. The van der Waals surface area contributed by atoms with Crippen molar-refractivity contribution in [2.24, 2.45) is 0 Å². The minimum atomic E-state index is 0.912. The standard InChI is InChI=1S/C44H26O/c1-3-12-29-27(10-1)20-21-39-40(29)26-28-11-2-4-13-30(28)43(39)38-23-22-33(31-14-5-6-15-32(31)38)34-24-25-42-44-36(34)17-9-18-37(44)35-16-7-8-19-41(35)45-42/h1-26H. The van der Waals surface area contributed by atoms with Crippen molar-refractivity contribution >= 4 is 53.9 Å². The molecule has 1 aliphatic heterocycles. The highest BCUT2D eigenvalue weighted by atomic mass is 16.5. The normalized spacial score (nSPS) is 12.2. The molecular weight excluding hydrogens is 544 g/mol. The van der Waals surface area contributed by atoms with Crippen LogP contribution in [0.25, 0.3) is 87.2 Å². The molecule has 1 nitrogen and oxygen atoms in total. The van der Waals surface area contributed by atoms with Gasteiger partial charge in [-0.1, -0.05) is 140 Å². The van der Waals surface area contributed by atoms with Crippen LogP contribution in [0, 0.1) is 0 Å². The Morgan fingerprint density at radius 2 is 0.911 bits per heavy atom. The molecule has 1 heteroatoms. The Morgan fingerprint density at radius 3 is 1.80 bits per heavy atom. The number of para-hydroxylation sites is 1. The first-order chi connectivity index (χ1) is 22.3. The number of ether oxygens (including phenoxy) is 1. The summed E-state index contributed by atoms with van der Waals surface area (Å²) in [5.41, 5.74) is 7.36. The van der Waals surface area contributed by atoms with E-state index < -0.39 is 0 Å². The van der Waals surface area contributed by atoms with Gasteiger partial charge < -0.3 is 4.74 Å². The zero-order valence-electron chi connectivity index (χ0n) is 24.4. The number of rotatable bonds is 2. The molecule has 0 radical (unpaired) electrons. The lowest BCUT2D eigenvalue weighted by Crippen LogP contribution is -1.97. The quantitative estimate of drug-likeness (QED) is 0.148. The molecule has 0 amide bonds. The van der Waals surface area contributed by atoms with Gasteiger partial charge in [0.25, 0.3) is 0 Å². The zero-order chi connectivity index (χ0) is 29.5. The minimum Gasteiger partial charge on any atom is -0.456 e. The average molecular weight is 571 g/mol. The van der Waals surface area contributed by atoms with E-state index in [2.05, 4.69) is 152 Å². The van der Waals surface area contributed by atoms with Gasteiger partial charge in [0.1, 0.15) is 11.5 Å². The molecule has 45 heavy (non-hydrogen) atoms. The number of fused-ring (bicyclic) bond motifs is 7. The van der Waals surface area contributed by atoms with Gasteiger partial charge in [0.2, 0.25) is 0 Å². The van der Waals surface area contributed by atoms with E-state index in [1.807, 2.05) is 6.07 Å². The van der Waals surface area contributed by atoms with Crippen LogP contribution in [0.1, 0.15) is 0 Å². The first kappa shape index (κ1) is 24.5. The third kappa shape index (κ3) is 3.50. The molecule has 0 unspecified atom stereocenters. The summed E-state index contributed by atoms with van der Waals surface area (Å²) in [6, 6.07) is 57.4. The molecular formula is C44H26O. The van der Waals surface area contributed by atoms with Crippen molar-refractivity contribution in [3.8, 4) is 44.9 Å². The van der Waals surface area contributed by atoms with Gasteiger partial charge in [-0.25, -0.2) is 0 Å². The lowest BCUT2D eigenvalue weighted by Gasteiger charge is -2.23. The van der Waals surface area contributed by atoms with Gasteiger partial charge in [0.05, 0.1) is 0 Å². The molecule has 0 fully saturated rings. The second-order valence-electron chi connectivity index (χ2n) is 12.0. The third-order valence-electron chi connectivity index (χ3n) is 9.65. The largest absolute Gasteiger partial charge is 0.456 e. The fraction of sp³-hybridized carbons (Fsp3) is 0. The third-order valence-corrected chi connectivity index (χ3v) is 9.65. The number of hydrogen-bond donors (Lipinski definition) is 0. The topological polar surface area (TPSA) is 9.23 Å². The molecule has 0 N–H and O–H groups in total. The van der Waals surface area contributed by atoms with Gasteiger partial charge in [-0.2, -0.15) is 0 Å². The van der Waals surface area contributed by atoms with Crippen molar-refractivity contribution in [2.45, 2.75) is 0 Å². The lowest BCUT2D eigenvalue weighted by molar-refractivity contribution is 0.487. The summed E-state index contributed by atoms with van der Waals surface area (Å²) in [7, 11) is 0. The Hall–Kier alpha value is -5.92. The van der Waals surface area contributed by atoms with Gasteiger partial charge in [-0.15, -0.1) is 0 Å². The molecule has 0 aliphatic carbocycles. The lowest BCUT2D eigenvalue weighted by atomic mass is 9.85. The predicted octanol–water partition coefficient (Wildman–Crippen LogP) is 12.6. The van der Waals surface area contributed by atoms with Crippen LogP contribution >= 0.6 is 0 Å². The zero-order valence-corrected chi connectivity index (χ0v) is 24.4. The maximum absolute atomic E-state index is 6.42. The van der Waals surface area contributed by atoms with Crippen LogP contribution in [0.4, 0.5) is 0 Å². The highest BCUT2D eigenvalue weighted by Gasteiger charge is 2.22. The monoisotopic (exact) mass is 570 g/mol. The molecule has 208 valence electrons. The first-order valence-corrected chi connectivity index (χ1v) is 15.5. The van der Waals surface area contributed by atoms with Crippen LogP contribution < -0.4 is 4.74 Å². The Balaban J connectivity index is 1.27. The SMILES string of the molecule is c1ccc2c(c1)Oc1ccc(-c3ccc(-c4c5ccccc5cc5c4ccc4ccccc45)c4ccccc34)c3cccc-2c13. The van der Waals surface area contributed by atoms with E-state index in [4.69, 9.17) is 4.74 Å². The van der Waals surface area contributed by atoms with Crippen molar-refractivity contribution in [1.82, 2.24) is 0 Å². The average Bonchev–Trinajstić information content (AvgIpc) is 3.11. The van der Waals surface area contributed by atoms with Crippen LogP contribution in [0.5, 0.6) is 11.5 Å². The second-order valence-corrected chi connectivity index (χ2v) is 12.0. The van der Waals surface area contributed by atoms with E-state index in [1.165, 1.54) is 81.7 Å². The summed E-state index contributed by atoms with van der Waals surface area (Å²) in [5, 5.41) is 12.5. The van der Waals surface area contributed by atoms with Gasteiger partial charge in [-0.3, -0.25) is 0 Å². The predicted molar refractivity (Wildman–Crippen MR) is 190 cm³/mol. The maximum atomic E-state index is 6.42. The number of benzene rings is 9. The van der Waals surface area contributed by atoms with Crippen molar-refractivity contribution in [3.63, 3.8) is 0 Å². The summed E-state index contributed by atoms with van der Waals surface area (Å²) in [6.45, 7) is 0. The molecule has 0 spiro atoms. The summed E-state index contributed by atoms with van der Waals surface area (Å²) in [6.07, 6.45) is 0. The minimum absolute atomic E-state index is 0.912. The Bertz CT molecular complexity index is 2680. The fourth-order valence-corrected chi connectivity index (χ4v) is 7.68. The van der Waals surface area contributed by atoms with E-state index in [-0.39, 0.29) is 0 Å². The van der Waals surface area contributed by atoms with Crippen molar-refractivity contribution in [3.05, 3.63) is 158 Å². The second kappa shape index (κ2) is 9.29.